The summed E-state index contributed by atoms with van der Waals surface area (Å²) >= 11 is 11.3. The largest absolute Gasteiger partial charge is 0.456 e. The monoisotopic (exact) mass is 379 g/mol. The molecule has 2 aromatic rings. The smallest absolute Gasteiger partial charge is 0.417 e. The molecule has 0 unspecified atom stereocenters. The maximum Gasteiger partial charge on any atom is 0.417 e. The number of nitro benzene ring substituents is 1. The van der Waals surface area contributed by atoms with Crippen molar-refractivity contribution in [2.45, 2.75) is 6.18 Å². The van der Waals surface area contributed by atoms with Crippen molar-refractivity contribution in [2.24, 2.45) is 0 Å². The summed E-state index contributed by atoms with van der Waals surface area (Å²) in [6, 6.07) is 4.73. The lowest BCUT2D eigenvalue weighted by atomic mass is 10.2. The van der Waals surface area contributed by atoms with Gasteiger partial charge in [0.05, 0.1) is 26.1 Å². The zero-order valence-electron chi connectivity index (χ0n) is 11.4. The van der Waals surface area contributed by atoms with E-state index in [1.54, 1.807) is 0 Å². The van der Waals surface area contributed by atoms with Crippen molar-refractivity contribution in [2.75, 3.05) is 0 Å². The molecule has 0 heterocycles. The van der Waals surface area contributed by atoms with Crippen molar-refractivity contribution in [3.63, 3.8) is 0 Å². The summed E-state index contributed by atoms with van der Waals surface area (Å²) in [5.74, 6) is -0.221. The molecule has 10 heteroatoms. The Morgan fingerprint density at radius 2 is 1.79 bits per heavy atom. The van der Waals surface area contributed by atoms with Gasteiger partial charge in [0.25, 0.3) is 5.69 Å². The van der Waals surface area contributed by atoms with E-state index in [2.05, 4.69) is 0 Å². The summed E-state index contributed by atoms with van der Waals surface area (Å²) < 4.78 is 43.4. The van der Waals surface area contributed by atoms with E-state index in [-0.39, 0.29) is 28.4 Å². The zero-order valence-corrected chi connectivity index (χ0v) is 12.9. The molecule has 0 aromatic heterocycles. The average molecular weight is 380 g/mol. The third kappa shape index (κ3) is 3.77. The van der Waals surface area contributed by atoms with Crippen LogP contribution >= 0.6 is 23.2 Å². The quantitative estimate of drug-likeness (QED) is 0.398. The number of benzene rings is 2. The maximum atomic E-state index is 12.7. The van der Waals surface area contributed by atoms with Gasteiger partial charge in [-0.2, -0.15) is 13.2 Å². The van der Waals surface area contributed by atoms with Crippen molar-refractivity contribution in [3.05, 3.63) is 61.6 Å². The van der Waals surface area contributed by atoms with E-state index in [0.29, 0.717) is 6.07 Å². The first-order valence-electron chi connectivity index (χ1n) is 6.11. The second-order valence-electron chi connectivity index (χ2n) is 4.46. The van der Waals surface area contributed by atoms with E-state index in [1.807, 2.05) is 0 Å². The van der Waals surface area contributed by atoms with Crippen LogP contribution in [-0.2, 0) is 6.18 Å². The topological polar surface area (TPSA) is 69.4 Å². The minimum absolute atomic E-state index is 0.0274. The lowest BCUT2D eigenvalue weighted by molar-refractivity contribution is -0.385. The molecule has 0 saturated heterocycles. The van der Waals surface area contributed by atoms with Gasteiger partial charge in [-0.3, -0.25) is 14.9 Å². The molecule has 0 aliphatic heterocycles. The van der Waals surface area contributed by atoms with Gasteiger partial charge in [-0.05, 0) is 18.2 Å². The highest BCUT2D eigenvalue weighted by atomic mass is 35.5. The van der Waals surface area contributed by atoms with Gasteiger partial charge in [-0.15, -0.1) is 0 Å². The van der Waals surface area contributed by atoms with Gasteiger partial charge < -0.3 is 4.74 Å². The van der Waals surface area contributed by atoms with E-state index < -0.39 is 27.4 Å². The summed E-state index contributed by atoms with van der Waals surface area (Å²) in [6.45, 7) is 0. The fraction of sp³-hybridized carbons (Fsp3) is 0.0714. The molecule has 2 rings (SSSR count). The van der Waals surface area contributed by atoms with E-state index in [1.165, 1.54) is 6.07 Å². The Balaban J connectivity index is 2.40. The third-order valence-electron chi connectivity index (χ3n) is 2.88. The number of halogens is 5. The average Bonchev–Trinajstić information content (AvgIpc) is 2.49. The molecule has 0 spiro atoms. The molecular formula is C14H6Cl2F3NO4. The number of nitro groups is 1. The van der Waals surface area contributed by atoms with E-state index >= 15 is 0 Å². The van der Waals surface area contributed by atoms with Crippen molar-refractivity contribution in [1.29, 1.82) is 0 Å². The molecule has 0 bridgehead atoms. The number of hydrogen-bond acceptors (Lipinski definition) is 4. The minimum atomic E-state index is -4.68. The molecule has 0 aliphatic carbocycles. The number of rotatable bonds is 4. The molecule has 0 N–H and O–H groups in total. The fourth-order valence-corrected chi connectivity index (χ4v) is 2.27. The van der Waals surface area contributed by atoms with Crippen LogP contribution < -0.4 is 4.74 Å². The van der Waals surface area contributed by atoms with Gasteiger partial charge in [0, 0.05) is 12.1 Å². The molecule has 2 aromatic carbocycles. The number of carbonyl (C=O) groups excluding carboxylic acids is 1. The molecule has 0 fully saturated rings. The molecule has 24 heavy (non-hydrogen) atoms. The first kappa shape index (κ1) is 18.0. The first-order chi connectivity index (χ1) is 11.1. The summed E-state index contributed by atoms with van der Waals surface area (Å²) in [6.07, 6.45) is -4.43. The first-order valence-corrected chi connectivity index (χ1v) is 6.86. The van der Waals surface area contributed by atoms with Crippen LogP contribution in [0.3, 0.4) is 0 Å². The van der Waals surface area contributed by atoms with Crippen LogP contribution in [0.5, 0.6) is 11.5 Å². The van der Waals surface area contributed by atoms with Crippen LogP contribution in [0.25, 0.3) is 0 Å². The molecule has 0 saturated carbocycles. The third-order valence-corrected chi connectivity index (χ3v) is 3.49. The SMILES string of the molecule is O=Cc1cc(Oc2cc(Cl)c(C(F)(F)F)cc2Cl)ccc1[N+](=O)[O-]. The Labute approximate surface area is 142 Å². The minimum Gasteiger partial charge on any atom is -0.456 e. The molecule has 0 atom stereocenters. The number of alkyl halides is 3. The highest BCUT2D eigenvalue weighted by molar-refractivity contribution is 6.34. The number of hydrogen-bond donors (Lipinski definition) is 0. The molecule has 0 radical (unpaired) electrons. The predicted molar refractivity (Wildman–Crippen MR) is 80.0 cm³/mol. The Bertz CT molecular complexity index is 824. The number of aldehydes is 1. The maximum absolute atomic E-state index is 12.7. The lowest BCUT2D eigenvalue weighted by Crippen LogP contribution is -2.06. The van der Waals surface area contributed by atoms with E-state index in [9.17, 15) is 28.1 Å². The van der Waals surface area contributed by atoms with Gasteiger partial charge in [0.2, 0.25) is 0 Å². The van der Waals surface area contributed by atoms with E-state index in [4.69, 9.17) is 27.9 Å². The fourth-order valence-electron chi connectivity index (χ4n) is 1.81. The van der Waals surface area contributed by atoms with Crippen molar-refractivity contribution < 1.29 is 27.6 Å². The Kier molecular flexibility index (Phi) is 5.00. The molecular weight excluding hydrogens is 374 g/mol. The van der Waals surface area contributed by atoms with Gasteiger partial charge >= 0.3 is 6.18 Å². The summed E-state index contributed by atoms with van der Waals surface area (Å²) in [4.78, 5) is 20.9. The molecule has 5 nitrogen and oxygen atoms in total. The number of carbonyl (C=O) groups is 1. The molecule has 126 valence electrons. The van der Waals surface area contributed by atoms with Crippen molar-refractivity contribution in [1.82, 2.24) is 0 Å². The van der Waals surface area contributed by atoms with Crippen LogP contribution in [0.2, 0.25) is 10.0 Å². The van der Waals surface area contributed by atoms with Gasteiger partial charge in [-0.25, -0.2) is 0 Å². The normalized spacial score (nSPS) is 11.2. The summed E-state index contributed by atoms with van der Waals surface area (Å²) in [5.41, 5.74) is -1.82. The molecule has 0 amide bonds. The second kappa shape index (κ2) is 6.66. The predicted octanol–water partition coefficient (Wildman–Crippen LogP) is 5.53. The summed E-state index contributed by atoms with van der Waals surface area (Å²) in [7, 11) is 0. The lowest BCUT2D eigenvalue weighted by Gasteiger charge is -2.13. The van der Waals surface area contributed by atoms with Gasteiger partial charge in [-0.1, -0.05) is 23.2 Å². The van der Waals surface area contributed by atoms with Crippen LogP contribution in [0.15, 0.2) is 30.3 Å². The number of ether oxygens (including phenoxy) is 1. The van der Waals surface area contributed by atoms with Gasteiger partial charge in [0.1, 0.15) is 11.5 Å². The van der Waals surface area contributed by atoms with Crippen LogP contribution in [0.1, 0.15) is 15.9 Å². The second-order valence-corrected chi connectivity index (χ2v) is 5.27. The zero-order chi connectivity index (χ0) is 18.1. The van der Waals surface area contributed by atoms with Crippen LogP contribution in [0, 0.1) is 10.1 Å². The highest BCUT2D eigenvalue weighted by Gasteiger charge is 2.34. The van der Waals surface area contributed by atoms with Crippen molar-refractivity contribution in [3.8, 4) is 11.5 Å². The Morgan fingerprint density at radius 1 is 1.12 bits per heavy atom. The summed E-state index contributed by atoms with van der Waals surface area (Å²) in [5, 5.41) is 9.75. The highest BCUT2D eigenvalue weighted by Crippen LogP contribution is 2.41. The Hall–Kier alpha value is -2.32. The Morgan fingerprint density at radius 3 is 2.33 bits per heavy atom. The molecule has 0 aliphatic rings. The standard InChI is InChI=1S/C14H6Cl2F3NO4/c15-10-5-13(11(16)4-9(10)14(17,18)19)24-8-1-2-12(20(22)23)7(3-8)6-21/h1-6H. The van der Waals surface area contributed by atoms with Crippen LogP contribution in [0.4, 0.5) is 18.9 Å². The van der Waals surface area contributed by atoms with Crippen LogP contribution in [-0.4, -0.2) is 11.2 Å². The van der Waals surface area contributed by atoms with E-state index in [0.717, 1.165) is 18.2 Å². The van der Waals surface area contributed by atoms with Gasteiger partial charge in [0.15, 0.2) is 6.29 Å². The number of nitrogens with zero attached hydrogens (tertiary/aromatic N) is 1. The van der Waals surface area contributed by atoms with Crippen molar-refractivity contribution >= 4 is 35.2 Å².